The van der Waals surface area contributed by atoms with Crippen LogP contribution in [0.4, 0.5) is 0 Å². The number of imidazole rings is 2. The summed E-state index contributed by atoms with van der Waals surface area (Å²) in [7, 11) is 3.15. The van der Waals surface area contributed by atoms with Crippen LogP contribution >= 0.6 is 22.7 Å². The van der Waals surface area contributed by atoms with E-state index in [1.165, 1.54) is 57.7 Å². The van der Waals surface area contributed by atoms with E-state index in [9.17, 15) is 14.4 Å². The first-order chi connectivity index (χ1) is 30.7. The Balaban J connectivity index is 0.000000181. The second kappa shape index (κ2) is 25.1. The molecule has 0 radical (unpaired) electrons. The van der Waals surface area contributed by atoms with Crippen molar-refractivity contribution in [3.05, 3.63) is 108 Å². The highest BCUT2D eigenvalue weighted by molar-refractivity contribution is 7.27. The number of thiophene rings is 2. The molecule has 13 nitrogen and oxygen atoms in total. The van der Waals surface area contributed by atoms with E-state index in [2.05, 4.69) is 102 Å². The van der Waals surface area contributed by atoms with Crippen molar-refractivity contribution < 1.29 is 23.9 Å². The second-order valence-electron chi connectivity index (χ2n) is 14.8. The number of aromatic nitrogens is 4. The van der Waals surface area contributed by atoms with E-state index in [4.69, 9.17) is 4.79 Å². The molecule has 1 atom stereocenters. The highest BCUT2D eigenvalue weighted by atomic mass is 32.1. The van der Waals surface area contributed by atoms with Gasteiger partial charge in [-0.25, -0.2) is 9.97 Å². The minimum atomic E-state index is -0.195. The fraction of sp³-hybridized carbons (Fsp3) is 0.333. The molecule has 7 aromatic rings. The first-order valence-corrected chi connectivity index (χ1v) is 23.0. The lowest BCUT2D eigenvalue weighted by molar-refractivity contribution is -0.132. The van der Waals surface area contributed by atoms with Gasteiger partial charge in [0, 0.05) is 55.0 Å². The zero-order valence-corrected chi connectivity index (χ0v) is 38.3. The van der Waals surface area contributed by atoms with Crippen LogP contribution in [0.5, 0.6) is 0 Å². The number of nitrogens with zero attached hydrogens (tertiary/aromatic N) is 4. The van der Waals surface area contributed by atoms with Crippen LogP contribution in [0.1, 0.15) is 64.5 Å². The summed E-state index contributed by atoms with van der Waals surface area (Å²) in [5.74, 6) is 0.0800. The van der Waals surface area contributed by atoms with Crippen LogP contribution < -0.4 is 10.6 Å². The number of hydrogen-bond acceptors (Lipinski definition) is 10. The molecule has 2 fully saturated rings. The SMILES string of the molecule is CC(=O)NCC(=O)N1CCCC1.CCC.CNC(C(=O)N1CCCC1)c1ccccc1.COC=O.c1ncc(-c2csc3c(-c4ccc(-c5ccc6nc[nH]c6c5)cc4)csc23)[nH]1. The monoisotopic (exact) mass is 890 g/mol. The van der Waals surface area contributed by atoms with E-state index in [1.807, 2.05) is 48.5 Å². The molecule has 15 heteroatoms. The maximum atomic E-state index is 12.2. The molecular formula is C48H58N8O5S2. The summed E-state index contributed by atoms with van der Waals surface area (Å²) in [6.07, 6.45) is 11.0. The number of aromatic amines is 2. The lowest BCUT2D eigenvalue weighted by Crippen LogP contribution is -2.38. The zero-order chi connectivity index (χ0) is 45.0. The number of likely N-dealkylation sites (tertiary alicyclic amines) is 2. The van der Waals surface area contributed by atoms with Crippen molar-refractivity contribution in [3.63, 3.8) is 0 Å². The predicted molar refractivity (Wildman–Crippen MR) is 255 cm³/mol. The Bertz CT molecular complexity index is 2450. The summed E-state index contributed by atoms with van der Waals surface area (Å²) in [6, 6.07) is 24.8. The Hall–Kier alpha value is -6.16. The number of nitrogens with one attached hydrogen (secondary N) is 4. The minimum Gasteiger partial charge on any atom is -0.471 e. The molecule has 9 rings (SSSR count). The van der Waals surface area contributed by atoms with Crippen LogP contribution in [0, 0.1) is 0 Å². The number of fused-ring (bicyclic) bond motifs is 2. The van der Waals surface area contributed by atoms with Crippen LogP contribution in [0.3, 0.4) is 0 Å². The number of H-pyrrole nitrogens is 2. The lowest BCUT2D eigenvalue weighted by Gasteiger charge is -2.23. The van der Waals surface area contributed by atoms with Crippen LogP contribution in [-0.2, 0) is 23.9 Å². The second-order valence-corrected chi connectivity index (χ2v) is 16.6. The Morgan fingerprint density at radius 3 is 1.98 bits per heavy atom. The molecule has 63 heavy (non-hydrogen) atoms. The third kappa shape index (κ3) is 13.4. The van der Waals surface area contributed by atoms with Gasteiger partial charge in [-0.15, -0.1) is 22.7 Å². The molecule has 2 saturated heterocycles. The molecule has 0 saturated carbocycles. The van der Waals surface area contributed by atoms with Crippen LogP contribution in [-0.4, -0.2) is 101 Å². The number of methoxy groups -OCH3 is 1. The van der Waals surface area contributed by atoms with Crippen LogP contribution in [0.15, 0.2) is 102 Å². The molecule has 1 unspecified atom stereocenters. The van der Waals surface area contributed by atoms with Gasteiger partial charge in [0.2, 0.25) is 17.7 Å². The Kier molecular flexibility index (Phi) is 19.1. The maximum Gasteiger partial charge on any atom is 0.292 e. The van der Waals surface area contributed by atoms with E-state index < -0.39 is 0 Å². The largest absolute Gasteiger partial charge is 0.471 e. The van der Waals surface area contributed by atoms with Gasteiger partial charge in [-0.1, -0.05) is 80.9 Å². The van der Waals surface area contributed by atoms with Crippen molar-refractivity contribution in [2.75, 3.05) is 46.9 Å². The van der Waals surface area contributed by atoms with Crippen LogP contribution in [0.25, 0.3) is 53.9 Å². The molecule has 0 aliphatic carbocycles. The number of carbonyl (C=O) groups is 4. The molecule has 332 valence electrons. The fourth-order valence-corrected chi connectivity index (χ4v) is 9.49. The van der Waals surface area contributed by atoms with Gasteiger partial charge in [-0.2, -0.15) is 0 Å². The predicted octanol–water partition coefficient (Wildman–Crippen LogP) is 9.08. The molecule has 0 spiro atoms. The first kappa shape index (κ1) is 47.9. The topological polar surface area (TPSA) is 165 Å². The highest BCUT2D eigenvalue weighted by Crippen LogP contribution is 2.43. The van der Waals surface area contributed by atoms with Gasteiger partial charge in [0.25, 0.3) is 6.47 Å². The number of amides is 3. The van der Waals surface area contributed by atoms with Crippen molar-refractivity contribution in [2.45, 2.75) is 58.9 Å². The number of rotatable bonds is 9. The number of ether oxygens (including phenoxy) is 1. The van der Waals surface area contributed by atoms with Gasteiger partial charge < -0.3 is 35.1 Å². The normalized spacial score (nSPS) is 13.3. The number of hydrogen-bond donors (Lipinski definition) is 4. The molecule has 4 N–H and O–H groups in total. The van der Waals surface area contributed by atoms with E-state index in [1.54, 1.807) is 40.2 Å². The molecule has 2 aliphatic rings. The minimum absolute atomic E-state index is 0.0303. The first-order valence-electron chi connectivity index (χ1n) is 21.2. The summed E-state index contributed by atoms with van der Waals surface area (Å²) in [5, 5.41) is 10.1. The molecule has 0 bridgehead atoms. The van der Waals surface area contributed by atoms with Crippen molar-refractivity contribution >= 4 is 67.3 Å². The summed E-state index contributed by atoms with van der Waals surface area (Å²) in [5.41, 5.74) is 10.3. The summed E-state index contributed by atoms with van der Waals surface area (Å²) < 4.78 is 6.51. The average Bonchev–Trinajstić information content (AvgIpc) is 4.17. The molecule has 6 heterocycles. The summed E-state index contributed by atoms with van der Waals surface area (Å²) in [6.45, 7) is 9.69. The third-order valence-electron chi connectivity index (χ3n) is 10.2. The third-order valence-corrected chi connectivity index (χ3v) is 12.3. The lowest BCUT2D eigenvalue weighted by atomic mass is 10.0. The van der Waals surface area contributed by atoms with E-state index >= 15 is 0 Å². The van der Waals surface area contributed by atoms with Crippen LogP contribution in [0.2, 0.25) is 0 Å². The van der Waals surface area contributed by atoms with Gasteiger partial charge in [0.05, 0.1) is 58.6 Å². The van der Waals surface area contributed by atoms with E-state index in [0.29, 0.717) is 6.47 Å². The van der Waals surface area contributed by atoms with E-state index in [0.717, 1.165) is 74.2 Å². The molecule has 3 aromatic carbocycles. The number of carbonyl (C=O) groups excluding carboxylic acids is 4. The zero-order valence-electron chi connectivity index (χ0n) is 36.7. The average molecular weight is 891 g/mol. The summed E-state index contributed by atoms with van der Waals surface area (Å²) >= 11 is 3.59. The van der Waals surface area contributed by atoms with Crippen molar-refractivity contribution in [3.8, 4) is 33.5 Å². The highest BCUT2D eigenvalue weighted by Gasteiger charge is 2.26. The molecule has 4 aromatic heterocycles. The molecule has 2 aliphatic heterocycles. The Labute approximate surface area is 377 Å². The van der Waals surface area contributed by atoms with E-state index in [-0.39, 0.29) is 30.3 Å². The molecular weight excluding hydrogens is 833 g/mol. The standard InChI is InChI=1S/C22H14N4S2.C13H18N2O.C8H14N2O2.C3H8.C2H4O2/c1-3-14(4-2-13(1)15-5-6-18-19(7-15)26-12-25-18)16-9-27-22-17(10-28-21(16)22)20-8-23-11-24-20;1-14-12(11-7-3-2-4-8-11)13(16)15-9-5-6-10-15;1-7(11)9-6-8(12)10-4-2-3-5-10;1-3-2;1-4-2-3/h1-12H,(H,23,24)(H,25,26);2-4,7-8,12,14H,5-6,9-10H2,1H3;2-6H2,1H3,(H,9,11);3H2,1-2H3;2H,1H3. The van der Waals surface area contributed by atoms with Gasteiger partial charge in [0.15, 0.2) is 0 Å². The maximum absolute atomic E-state index is 12.2. The fourth-order valence-electron chi connectivity index (χ4n) is 7.04. The Morgan fingerprint density at radius 2 is 1.40 bits per heavy atom. The molecule has 3 amide bonds. The smallest absolute Gasteiger partial charge is 0.292 e. The van der Waals surface area contributed by atoms with Crippen molar-refractivity contribution in [1.29, 1.82) is 0 Å². The van der Waals surface area contributed by atoms with Gasteiger partial charge >= 0.3 is 0 Å². The Morgan fingerprint density at radius 1 is 0.810 bits per heavy atom. The summed E-state index contributed by atoms with van der Waals surface area (Å²) in [4.78, 5) is 61.5. The number of benzene rings is 3. The van der Waals surface area contributed by atoms with Gasteiger partial charge in [0.1, 0.15) is 6.04 Å². The van der Waals surface area contributed by atoms with Gasteiger partial charge in [-0.05, 0) is 67.1 Å². The van der Waals surface area contributed by atoms with Crippen molar-refractivity contribution in [2.24, 2.45) is 0 Å². The van der Waals surface area contributed by atoms with Gasteiger partial charge in [-0.3, -0.25) is 19.2 Å². The number of likely N-dealkylation sites (N-methyl/N-ethyl adjacent to an activating group) is 1. The quantitative estimate of drug-likeness (QED) is 0.104. The van der Waals surface area contributed by atoms with Crippen molar-refractivity contribution in [1.82, 2.24) is 40.4 Å².